The van der Waals surface area contributed by atoms with Crippen LogP contribution in [-0.4, -0.2) is 45.3 Å². The van der Waals surface area contributed by atoms with Gasteiger partial charge in [0.1, 0.15) is 11.9 Å². The highest BCUT2D eigenvalue weighted by Gasteiger charge is 2.31. The number of hydrogen-bond acceptors (Lipinski definition) is 6. The molecule has 2 aliphatic heterocycles. The number of amides is 1. The van der Waals surface area contributed by atoms with Crippen molar-refractivity contribution in [3.63, 3.8) is 0 Å². The van der Waals surface area contributed by atoms with Gasteiger partial charge in [-0.3, -0.25) is 9.48 Å². The highest BCUT2D eigenvalue weighted by Crippen LogP contribution is 2.28. The molecule has 4 heterocycles. The van der Waals surface area contributed by atoms with E-state index in [4.69, 9.17) is 5.26 Å². The Labute approximate surface area is 133 Å². The third-order valence-electron chi connectivity index (χ3n) is 4.29. The molecule has 8 heteroatoms. The first-order chi connectivity index (χ1) is 11.2. The molecule has 0 aliphatic carbocycles. The molecular weight excluding hydrogens is 294 g/mol. The Kier molecular flexibility index (Phi) is 3.19. The summed E-state index contributed by atoms with van der Waals surface area (Å²) in [6.45, 7) is 2.35. The molecule has 2 saturated heterocycles. The molecule has 2 aromatic heterocycles. The lowest BCUT2D eigenvalue weighted by Crippen LogP contribution is -2.48. The molecule has 2 aromatic rings. The van der Waals surface area contributed by atoms with Gasteiger partial charge in [0.15, 0.2) is 5.69 Å². The van der Waals surface area contributed by atoms with E-state index >= 15 is 0 Å². The van der Waals surface area contributed by atoms with Crippen LogP contribution in [-0.2, 0) is 4.79 Å². The number of carbonyl (C=O) groups excluding carboxylic acids is 1. The fraction of sp³-hybridized carbons (Fsp3) is 0.400. The van der Waals surface area contributed by atoms with Gasteiger partial charge in [0.25, 0.3) is 0 Å². The van der Waals surface area contributed by atoms with Crippen molar-refractivity contribution >= 4 is 17.4 Å². The second-order valence-corrected chi connectivity index (χ2v) is 5.76. The van der Waals surface area contributed by atoms with Gasteiger partial charge in [-0.25, -0.2) is 9.97 Å². The maximum atomic E-state index is 11.8. The van der Waals surface area contributed by atoms with Crippen molar-refractivity contribution in [1.29, 1.82) is 5.26 Å². The van der Waals surface area contributed by atoms with Crippen LogP contribution >= 0.6 is 0 Å². The Morgan fingerprint density at radius 2 is 2.09 bits per heavy atom. The first kappa shape index (κ1) is 13.7. The number of rotatable bonds is 3. The topological polar surface area (TPSA) is 90.9 Å². The van der Waals surface area contributed by atoms with Gasteiger partial charge in [-0.1, -0.05) is 0 Å². The van der Waals surface area contributed by atoms with Crippen molar-refractivity contribution in [2.24, 2.45) is 0 Å². The Balaban J connectivity index is 1.41. The number of anilines is 2. The quantitative estimate of drug-likeness (QED) is 0.830. The zero-order valence-electron chi connectivity index (χ0n) is 12.5. The smallest absolute Gasteiger partial charge is 0.227 e. The van der Waals surface area contributed by atoms with Gasteiger partial charge >= 0.3 is 0 Å². The number of hydrogen-bond donors (Lipinski definition) is 0. The van der Waals surface area contributed by atoms with Crippen LogP contribution in [0.1, 0.15) is 24.6 Å². The molecule has 0 radical (unpaired) electrons. The molecule has 0 unspecified atom stereocenters. The predicted molar refractivity (Wildman–Crippen MR) is 81.8 cm³/mol. The summed E-state index contributed by atoms with van der Waals surface area (Å²) < 4.78 is 1.91. The number of carbonyl (C=O) groups is 1. The summed E-state index contributed by atoms with van der Waals surface area (Å²) in [5.74, 6) is 0.940. The van der Waals surface area contributed by atoms with Crippen molar-refractivity contribution in [2.45, 2.75) is 18.9 Å². The van der Waals surface area contributed by atoms with E-state index in [1.165, 1.54) is 6.20 Å². The van der Waals surface area contributed by atoms with Crippen LogP contribution in [0.4, 0.5) is 11.5 Å². The van der Waals surface area contributed by atoms with Gasteiger partial charge in [0, 0.05) is 32.3 Å². The fourth-order valence-corrected chi connectivity index (χ4v) is 2.94. The third kappa shape index (κ3) is 2.40. The van der Waals surface area contributed by atoms with E-state index < -0.39 is 0 Å². The normalized spacial score (nSPS) is 18.1. The third-order valence-corrected chi connectivity index (χ3v) is 4.29. The molecule has 1 amide bonds. The van der Waals surface area contributed by atoms with Crippen LogP contribution < -0.4 is 9.80 Å². The second-order valence-electron chi connectivity index (χ2n) is 5.76. The van der Waals surface area contributed by atoms with Gasteiger partial charge in [-0.05, 0) is 6.42 Å². The van der Waals surface area contributed by atoms with Crippen molar-refractivity contribution in [3.05, 3.63) is 30.5 Å². The van der Waals surface area contributed by atoms with Gasteiger partial charge in [0.05, 0.1) is 30.3 Å². The number of aromatic nitrogens is 4. The van der Waals surface area contributed by atoms with Gasteiger partial charge < -0.3 is 9.80 Å². The summed E-state index contributed by atoms with van der Waals surface area (Å²) in [6, 6.07) is 2.22. The molecule has 0 bridgehead atoms. The molecular formula is C15H15N7O. The van der Waals surface area contributed by atoms with Crippen LogP contribution in [0.25, 0.3) is 0 Å². The van der Waals surface area contributed by atoms with E-state index in [-0.39, 0.29) is 11.9 Å². The van der Waals surface area contributed by atoms with Crippen molar-refractivity contribution in [2.75, 3.05) is 29.4 Å². The monoisotopic (exact) mass is 309 g/mol. The molecule has 0 spiro atoms. The van der Waals surface area contributed by atoms with E-state index in [1.807, 2.05) is 16.9 Å². The maximum Gasteiger partial charge on any atom is 0.227 e. The van der Waals surface area contributed by atoms with Crippen molar-refractivity contribution < 1.29 is 4.79 Å². The zero-order valence-corrected chi connectivity index (χ0v) is 12.5. The summed E-state index contributed by atoms with van der Waals surface area (Å²) in [4.78, 5) is 23.9. The Bertz CT molecular complexity index is 770. The van der Waals surface area contributed by atoms with Crippen LogP contribution in [0.5, 0.6) is 0 Å². The number of nitriles is 1. The van der Waals surface area contributed by atoms with E-state index in [2.05, 4.69) is 20.0 Å². The largest absolute Gasteiger partial charge is 0.351 e. The lowest BCUT2D eigenvalue weighted by atomic mass is 10.1. The molecule has 116 valence electrons. The van der Waals surface area contributed by atoms with E-state index in [1.54, 1.807) is 17.3 Å². The summed E-state index contributed by atoms with van der Waals surface area (Å²) >= 11 is 0. The summed E-state index contributed by atoms with van der Waals surface area (Å²) in [6.07, 6.45) is 8.33. The van der Waals surface area contributed by atoms with E-state index in [0.717, 1.165) is 37.6 Å². The Morgan fingerprint density at radius 1 is 1.22 bits per heavy atom. The first-order valence-corrected chi connectivity index (χ1v) is 7.56. The minimum atomic E-state index is 0.174. The Morgan fingerprint density at radius 3 is 2.74 bits per heavy atom. The fourth-order valence-electron chi connectivity index (χ4n) is 2.94. The maximum absolute atomic E-state index is 11.8. The minimum absolute atomic E-state index is 0.174. The molecule has 2 fully saturated rings. The van der Waals surface area contributed by atoms with Crippen molar-refractivity contribution in [3.8, 4) is 6.07 Å². The summed E-state index contributed by atoms with van der Waals surface area (Å²) in [7, 11) is 0. The Hall–Kier alpha value is -2.95. The zero-order chi connectivity index (χ0) is 15.8. The molecule has 23 heavy (non-hydrogen) atoms. The van der Waals surface area contributed by atoms with Crippen LogP contribution in [0.3, 0.4) is 0 Å². The minimum Gasteiger partial charge on any atom is -0.351 e. The second kappa shape index (κ2) is 5.35. The first-order valence-electron chi connectivity index (χ1n) is 7.56. The van der Waals surface area contributed by atoms with Gasteiger partial charge in [-0.15, -0.1) is 0 Å². The lowest BCUT2D eigenvalue weighted by Gasteiger charge is -2.39. The predicted octanol–water partition coefficient (Wildman–Crippen LogP) is 0.733. The van der Waals surface area contributed by atoms with Crippen molar-refractivity contribution in [1.82, 2.24) is 19.7 Å². The standard InChI is InChI=1S/C15H15N7O/c16-4-11-5-18-14(7-17-11)20-8-13(9-20)22-10-12(6-19-22)21-3-1-2-15(21)23/h5-7,10,13H,1-3,8-9H2. The number of nitrogens with zero attached hydrogens (tertiary/aromatic N) is 7. The molecule has 2 aliphatic rings. The molecule has 0 N–H and O–H groups in total. The summed E-state index contributed by atoms with van der Waals surface area (Å²) in [5, 5.41) is 13.1. The molecule has 8 nitrogen and oxygen atoms in total. The van der Waals surface area contributed by atoms with Crippen LogP contribution in [0.15, 0.2) is 24.8 Å². The highest BCUT2D eigenvalue weighted by molar-refractivity contribution is 5.95. The van der Waals surface area contributed by atoms with Gasteiger partial charge in [0.2, 0.25) is 5.91 Å². The van der Waals surface area contributed by atoms with Crippen LogP contribution in [0, 0.1) is 11.3 Å². The summed E-state index contributed by atoms with van der Waals surface area (Å²) in [5.41, 5.74) is 1.20. The average Bonchev–Trinajstić information content (AvgIpc) is 3.15. The highest BCUT2D eigenvalue weighted by atomic mass is 16.2. The lowest BCUT2D eigenvalue weighted by molar-refractivity contribution is -0.117. The van der Waals surface area contributed by atoms with Gasteiger partial charge in [-0.2, -0.15) is 10.4 Å². The SMILES string of the molecule is N#Cc1cnc(N2CC(n3cc(N4CCCC4=O)cn3)C2)cn1. The molecule has 0 aromatic carbocycles. The van der Waals surface area contributed by atoms with E-state index in [0.29, 0.717) is 12.1 Å². The molecule has 0 saturated carbocycles. The van der Waals surface area contributed by atoms with Crippen LogP contribution in [0.2, 0.25) is 0 Å². The molecule has 0 atom stereocenters. The van der Waals surface area contributed by atoms with E-state index in [9.17, 15) is 4.79 Å². The molecule has 4 rings (SSSR count). The average molecular weight is 309 g/mol.